The molecule has 0 radical (unpaired) electrons. The SMILES string of the molecule is CNC1CN(C2=CCC(C)C=C(c3ccc(Br)s3)[n+]3nn(C)nc32)C1. The monoisotopic (exact) mass is 421 g/mol. The molecular formula is C17H22BrN6S+. The third-order valence-corrected chi connectivity index (χ3v) is 6.34. The third-order valence-electron chi connectivity index (χ3n) is 4.70. The van der Waals surface area contributed by atoms with Gasteiger partial charge in [-0.2, -0.15) is 0 Å². The highest BCUT2D eigenvalue weighted by atomic mass is 79.9. The average molecular weight is 422 g/mol. The largest absolute Gasteiger partial charge is 0.363 e. The summed E-state index contributed by atoms with van der Waals surface area (Å²) in [5.74, 6) is 1.36. The molecule has 0 aliphatic carbocycles. The van der Waals surface area contributed by atoms with Crippen LogP contribution < -0.4 is 10.00 Å². The van der Waals surface area contributed by atoms with E-state index in [0.29, 0.717) is 12.0 Å². The van der Waals surface area contributed by atoms with Crippen molar-refractivity contribution in [1.29, 1.82) is 0 Å². The zero-order valence-corrected chi connectivity index (χ0v) is 17.0. The van der Waals surface area contributed by atoms with Crippen LogP contribution in [0.25, 0.3) is 11.4 Å². The van der Waals surface area contributed by atoms with Gasteiger partial charge in [-0.15, -0.1) is 11.3 Å². The number of rotatable bonds is 3. The zero-order valence-electron chi connectivity index (χ0n) is 14.6. The fraction of sp³-hybridized carbons (Fsp3) is 0.471. The number of halogens is 1. The first-order chi connectivity index (χ1) is 12.0. The van der Waals surface area contributed by atoms with Crippen molar-refractivity contribution < 1.29 is 4.68 Å². The van der Waals surface area contributed by atoms with E-state index in [4.69, 9.17) is 0 Å². The fourth-order valence-electron chi connectivity index (χ4n) is 3.26. The molecule has 0 aromatic carbocycles. The summed E-state index contributed by atoms with van der Waals surface area (Å²) in [4.78, 5) is 5.25. The second-order valence-electron chi connectivity index (χ2n) is 6.66. The summed E-state index contributed by atoms with van der Waals surface area (Å²) in [6, 6.07) is 4.78. The van der Waals surface area contributed by atoms with Gasteiger partial charge in [-0.3, -0.25) is 0 Å². The molecule has 8 heteroatoms. The van der Waals surface area contributed by atoms with Gasteiger partial charge in [0.15, 0.2) is 0 Å². The van der Waals surface area contributed by atoms with Crippen LogP contribution in [0.15, 0.2) is 28.1 Å². The number of aromatic nitrogens is 4. The van der Waals surface area contributed by atoms with E-state index in [1.54, 1.807) is 16.1 Å². The molecule has 2 aliphatic rings. The van der Waals surface area contributed by atoms with Crippen molar-refractivity contribution in [3.05, 3.63) is 38.8 Å². The van der Waals surface area contributed by atoms with Crippen LogP contribution in [0.1, 0.15) is 24.0 Å². The maximum atomic E-state index is 4.69. The molecule has 1 atom stereocenters. The Morgan fingerprint density at radius 2 is 2.16 bits per heavy atom. The third kappa shape index (κ3) is 3.18. The van der Waals surface area contributed by atoms with Crippen LogP contribution in [0.5, 0.6) is 0 Å². The normalized spacial score (nSPS) is 21.1. The number of hydrogen-bond donors (Lipinski definition) is 1. The van der Waals surface area contributed by atoms with Crippen molar-refractivity contribution in [2.45, 2.75) is 19.4 Å². The van der Waals surface area contributed by atoms with Gasteiger partial charge in [0.2, 0.25) is 0 Å². The van der Waals surface area contributed by atoms with Crippen LogP contribution in [-0.2, 0) is 7.05 Å². The van der Waals surface area contributed by atoms with E-state index in [1.807, 2.05) is 18.8 Å². The van der Waals surface area contributed by atoms with E-state index in [9.17, 15) is 0 Å². The van der Waals surface area contributed by atoms with E-state index < -0.39 is 0 Å². The van der Waals surface area contributed by atoms with E-state index in [0.717, 1.165) is 34.8 Å². The van der Waals surface area contributed by atoms with Crippen molar-refractivity contribution in [2.24, 2.45) is 13.0 Å². The number of likely N-dealkylation sites (N-methyl/N-ethyl adjacent to an activating group) is 1. The Morgan fingerprint density at radius 1 is 1.36 bits per heavy atom. The van der Waals surface area contributed by atoms with Crippen LogP contribution >= 0.6 is 27.3 Å². The topological polar surface area (TPSA) is 49.9 Å². The van der Waals surface area contributed by atoms with Gasteiger partial charge in [-0.05, 0) is 58.3 Å². The molecular weight excluding hydrogens is 400 g/mol. The summed E-state index contributed by atoms with van der Waals surface area (Å²) in [6.07, 6.45) is 5.62. The van der Waals surface area contributed by atoms with E-state index in [-0.39, 0.29) is 0 Å². The molecule has 1 N–H and O–H groups in total. The lowest BCUT2D eigenvalue weighted by Crippen LogP contribution is -2.57. The van der Waals surface area contributed by atoms with Gasteiger partial charge in [0.25, 0.3) is 0 Å². The number of allylic oxidation sites excluding steroid dienone is 2. The lowest BCUT2D eigenvalue weighted by Gasteiger charge is -2.41. The molecule has 1 fully saturated rings. The van der Waals surface area contributed by atoms with Crippen molar-refractivity contribution in [2.75, 3.05) is 20.1 Å². The number of nitrogens with zero attached hydrogens (tertiary/aromatic N) is 5. The lowest BCUT2D eigenvalue weighted by molar-refractivity contribution is -0.649. The van der Waals surface area contributed by atoms with Crippen LogP contribution in [0.3, 0.4) is 0 Å². The van der Waals surface area contributed by atoms with Gasteiger partial charge in [0, 0.05) is 19.1 Å². The summed E-state index contributed by atoms with van der Waals surface area (Å²) >= 11 is 5.30. The van der Waals surface area contributed by atoms with Crippen molar-refractivity contribution in [3.63, 3.8) is 0 Å². The number of thiophene rings is 1. The minimum atomic E-state index is 0.440. The van der Waals surface area contributed by atoms with Gasteiger partial charge in [-0.1, -0.05) is 17.7 Å². The molecule has 2 aliphatic heterocycles. The van der Waals surface area contributed by atoms with E-state index in [2.05, 4.69) is 67.7 Å². The molecule has 2 aromatic heterocycles. The quantitative estimate of drug-likeness (QED) is 0.770. The van der Waals surface area contributed by atoms with Crippen molar-refractivity contribution >= 4 is 38.7 Å². The Morgan fingerprint density at radius 3 is 2.84 bits per heavy atom. The molecule has 0 amide bonds. The van der Waals surface area contributed by atoms with Gasteiger partial charge in [0.1, 0.15) is 18.4 Å². The molecule has 0 saturated carbocycles. The lowest BCUT2D eigenvalue weighted by atomic mass is 10.0. The molecule has 1 saturated heterocycles. The highest BCUT2D eigenvalue weighted by molar-refractivity contribution is 9.11. The summed E-state index contributed by atoms with van der Waals surface area (Å²) in [7, 11) is 3.90. The molecule has 1 unspecified atom stereocenters. The molecule has 2 aromatic rings. The van der Waals surface area contributed by atoms with Crippen molar-refractivity contribution in [1.82, 2.24) is 25.3 Å². The van der Waals surface area contributed by atoms with Crippen LogP contribution in [0, 0.1) is 5.92 Å². The molecule has 132 valence electrons. The second kappa shape index (κ2) is 6.66. The molecule has 0 bridgehead atoms. The first kappa shape index (κ1) is 16.9. The van der Waals surface area contributed by atoms with Gasteiger partial charge in [0.05, 0.1) is 19.0 Å². The predicted octanol–water partition coefficient (Wildman–Crippen LogP) is 2.10. The first-order valence-corrected chi connectivity index (χ1v) is 10.1. The summed E-state index contributed by atoms with van der Waals surface area (Å²) in [5.41, 5.74) is 2.30. The second-order valence-corrected chi connectivity index (χ2v) is 9.13. The Labute approximate surface area is 159 Å². The Bertz CT molecular complexity index is 845. The van der Waals surface area contributed by atoms with Crippen LogP contribution in [0.4, 0.5) is 0 Å². The minimum Gasteiger partial charge on any atom is -0.363 e. The smallest absolute Gasteiger partial charge is 0.350 e. The number of fused-ring (bicyclic) bond motifs is 1. The minimum absolute atomic E-state index is 0.440. The van der Waals surface area contributed by atoms with Crippen LogP contribution in [-0.4, -0.2) is 46.2 Å². The Hall–Kier alpha value is -1.51. The number of aryl methyl sites for hydroxylation is 1. The van der Waals surface area contributed by atoms with Gasteiger partial charge in [-0.25, -0.2) is 0 Å². The molecule has 0 spiro atoms. The molecule has 25 heavy (non-hydrogen) atoms. The standard InChI is InChI=1S/C17H22BrN6S/c1-11-4-5-13(23-9-12(10-23)19-2)17-20-22(3)21-24(17)14(8-11)15-6-7-16(18)25-15/h5-8,11-12,19H,4,9-10H2,1-3H3/q+1. The van der Waals surface area contributed by atoms with Crippen LogP contribution in [0.2, 0.25) is 0 Å². The summed E-state index contributed by atoms with van der Waals surface area (Å²) in [6.45, 7) is 4.28. The van der Waals surface area contributed by atoms with E-state index >= 15 is 0 Å². The number of likely N-dealkylation sites (tertiary alicyclic amines) is 1. The Balaban J connectivity index is 1.79. The van der Waals surface area contributed by atoms with Gasteiger partial charge < -0.3 is 10.2 Å². The average Bonchev–Trinajstić information content (AvgIpc) is 3.11. The molecule has 4 heterocycles. The highest BCUT2D eigenvalue weighted by Crippen LogP contribution is 2.31. The maximum absolute atomic E-state index is 4.69. The highest BCUT2D eigenvalue weighted by Gasteiger charge is 2.36. The number of tetrazole rings is 1. The maximum Gasteiger partial charge on any atom is 0.350 e. The molecule has 4 rings (SSSR count). The van der Waals surface area contributed by atoms with Gasteiger partial charge >= 0.3 is 5.82 Å². The first-order valence-electron chi connectivity index (χ1n) is 8.49. The molecule has 6 nitrogen and oxygen atoms in total. The summed E-state index contributed by atoms with van der Waals surface area (Å²) in [5, 5.41) is 12.7. The Kier molecular flexibility index (Phi) is 4.51. The number of nitrogens with one attached hydrogen (secondary N) is 1. The fourth-order valence-corrected chi connectivity index (χ4v) is 4.65. The zero-order chi connectivity index (χ0) is 17.6. The predicted molar refractivity (Wildman–Crippen MR) is 103 cm³/mol. The van der Waals surface area contributed by atoms with E-state index in [1.165, 1.54) is 10.6 Å². The van der Waals surface area contributed by atoms with Crippen molar-refractivity contribution in [3.8, 4) is 0 Å². The summed E-state index contributed by atoms with van der Waals surface area (Å²) < 4.78 is 3.12. The number of hydrogen-bond acceptors (Lipinski definition) is 5.